The average Bonchev–Trinajstić information content (AvgIpc) is 3.62. The molecule has 6 rings (SSSR count). The van der Waals surface area contributed by atoms with E-state index in [4.69, 9.17) is 18.9 Å². The molecule has 0 aromatic rings. The van der Waals surface area contributed by atoms with E-state index >= 15 is 0 Å². The zero-order valence-corrected chi connectivity index (χ0v) is 26.3. The number of carbonyl (C=O) groups is 4. The van der Waals surface area contributed by atoms with Crippen molar-refractivity contribution in [1.29, 1.82) is 0 Å². The van der Waals surface area contributed by atoms with E-state index in [1.54, 1.807) is 27.1 Å². The quantitative estimate of drug-likeness (QED) is 0.223. The Labute approximate surface area is 252 Å². The first-order chi connectivity index (χ1) is 20.0. The first-order valence-corrected chi connectivity index (χ1v) is 15.3. The number of hydrogen-bond donors (Lipinski definition) is 1. The summed E-state index contributed by atoms with van der Waals surface area (Å²) in [6.07, 6.45) is 4.00. The lowest BCUT2D eigenvalue weighted by Crippen LogP contribution is -2.70. The third kappa shape index (κ3) is 3.78. The fraction of sp³-hybridized carbons (Fsp3) is 0.697. The molecule has 10 nitrogen and oxygen atoms in total. The van der Waals surface area contributed by atoms with Crippen LogP contribution in [0.15, 0.2) is 34.9 Å². The molecule has 4 aliphatic carbocycles. The van der Waals surface area contributed by atoms with Crippen molar-refractivity contribution in [2.24, 2.45) is 28.6 Å². The van der Waals surface area contributed by atoms with E-state index in [9.17, 15) is 24.3 Å². The fourth-order valence-corrected chi connectivity index (χ4v) is 9.46. The monoisotopic (exact) mass is 597 g/mol. The molecule has 2 saturated carbocycles. The first kappa shape index (κ1) is 30.1. The van der Waals surface area contributed by atoms with E-state index in [1.807, 2.05) is 33.8 Å². The third-order valence-electron chi connectivity index (χ3n) is 12.1. The number of amides is 1. The van der Waals surface area contributed by atoms with Crippen molar-refractivity contribution in [3.05, 3.63) is 34.9 Å². The summed E-state index contributed by atoms with van der Waals surface area (Å²) in [4.78, 5) is 52.8. The second-order valence-corrected chi connectivity index (χ2v) is 14.2. The van der Waals surface area contributed by atoms with Crippen LogP contribution >= 0.6 is 0 Å². The van der Waals surface area contributed by atoms with Crippen molar-refractivity contribution in [3.8, 4) is 0 Å². The van der Waals surface area contributed by atoms with Gasteiger partial charge in [-0.05, 0) is 70.1 Å². The second kappa shape index (κ2) is 9.51. The summed E-state index contributed by atoms with van der Waals surface area (Å²) in [5.74, 6) is -2.01. The SMILES string of the molecule is CC(=O)O[C@H]1C=C([C@H](C)[C@H]2CC(C)=C(C)C(=O)O2)[C@@]2(C)CC[C@H]3[C@@H](C[C@H]4O[C@]45[C@@H](OC(=O)N(C)C)C=CC(=O)[C@]35C)[C@]12O. The number of allylic oxidation sites excluding steroid dienone is 1. The molecule has 2 aliphatic heterocycles. The van der Waals surface area contributed by atoms with Crippen LogP contribution in [0.3, 0.4) is 0 Å². The normalized spacial score (nSPS) is 45.1. The molecule has 11 atom stereocenters. The lowest BCUT2D eigenvalue weighted by molar-refractivity contribution is -0.224. The maximum Gasteiger partial charge on any atom is 0.409 e. The number of nitrogens with zero attached hydrogens (tertiary/aromatic N) is 1. The van der Waals surface area contributed by atoms with E-state index in [-0.39, 0.29) is 23.6 Å². The summed E-state index contributed by atoms with van der Waals surface area (Å²) in [5, 5.41) is 13.0. The van der Waals surface area contributed by atoms with Crippen LogP contribution in [0.5, 0.6) is 0 Å². The van der Waals surface area contributed by atoms with Crippen LogP contribution in [-0.4, -0.2) is 83.5 Å². The van der Waals surface area contributed by atoms with E-state index in [0.29, 0.717) is 31.3 Å². The van der Waals surface area contributed by atoms with Gasteiger partial charge in [-0.1, -0.05) is 25.0 Å². The Hall–Kier alpha value is -2.98. The van der Waals surface area contributed by atoms with Crippen molar-refractivity contribution >= 4 is 23.8 Å². The van der Waals surface area contributed by atoms with Crippen molar-refractivity contribution in [2.75, 3.05) is 14.1 Å². The summed E-state index contributed by atoms with van der Waals surface area (Å²) >= 11 is 0. The molecular formula is C33H43NO9. The number of rotatable bonds is 4. The van der Waals surface area contributed by atoms with Crippen LogP contribution < -0.4 is 0 Å². The summed E-state index contributed by atoms with van der Waals surface area (Å²) < 4.78 is 24.0. The number of esters is 2. The molecule has 1 saturated heterocycles. The molecule has 0 aromatic carbocycles. The second-order valence-electron chi connectivity index (χ2n) is 14.2. The van der Waals surface area contributed by atoms with Crippen LogP contribution in [-0.2, 0) is 33.3 Å². The van der Waals surface area contributed by atoms with Crippen LogP contribution in [0.25, 0.3) is 0 Å². The van der Waals surface area contributed by atoms with Gasteiger partial charge in [-0.2, -0.15) is 0 Å². The molecule has 0 bridgehead atoms. The molecule has 0 aromatic heterocycles. The minimum Gasteiger partial charge on any atom is -0.458 e. The third-order valence-corrected chi connectivity index (χ3v) is 12.1. The molecule has 43 heavy (non-hydrogen) atoms. The Bertz CT molecular complexity index is 1400. The summed E-state index contributed by atoms with van der Waals surface area (Å²) in [5.41, 5.74) is -1.96. The molecule has 234 valence electrons. The van der Waals surface area contributed by atoms with Gasteiger partial charge in [0.15, 0.2) is 11.9 Å². The Morgan fingerprint density at radius 2 is 1.81 bits per heavy atom. The molecule has 6 aliphatic rings. The van der Waals surface area contributed by atoms with Gasteiger partial charge in [-0.15, -0.1) is 0 Å². The highest BCUT2D eigenvalue weighted by Gasteiger charge is 2.83. The number of ketones is 1. The topological polar surface area (TPSA) is 132 Å². The van der Waals surface area contributed by atoms with E-state index in [2.05, 4.69) is 0 Å². The van der Waals surface area contributed by atoms with Crippen molar-refractivity contribution in [1.82, 2.24) is 4.90 Å². The van der Waals surface area contributed by atoms with Crippen LogP contribution in [0, 0.1) is 28.6 Å². The lowest BCUT2D eigenvalue weighted by atomic mass is 9.42. The van der Waals surface area contributed by atoms with Crippen molar-refractivity contribution < 1.29 is 43.2 Å². The number of cyclic esters (lactones) is 1. The van der Waals surface area contributed by atoms with E-state index < -0.39 is 64.4 Å². The summed E-state index contributed by atoms with van der Waals surface area (Å²) in [7, 11) is 3.20. The molecule has 2 heterocycles. The van der Waals surface area contributed by atoms with Crippen LogP contribution in [0.4, 0.5) is 4.79 Å². The smallest absolute Gasteiger partial charge is 0.409 e. The molecule has 0 radical (unpaired) electrons. The van der Waals surface area contributed by atoms with Gasteiger partial charge in [0, 0.05) is 44.3 Å². The van der Waals surface area contributed by atoms with Crippen LogP contribution in [0.2, 0.25) is 0 Å². The maximum atomic E-state index is 13.9. The molecular weight excluding hydrogens is 554 g/mol. The number of epoxide rings is 1. The van der Waals surface area contributed by atoms with E-state index in [1.165, 1.54) is 17.9 Å². The van der Waals surface area contributed by atoms with Crippen LogP contribution in [0.1, 0.15) is 67.2 Å². The number of hydrogen-bond acceptors (Lipinski definition) is 9. The Kier molecular flexibility index (Phi) is 6.65. The molecule has 0 unspecified atom stereocenters. The highest BCUT2D eigenvalue weighted by Crippen LogP contribution is 2.74. The predicted molar refractivity (Wildman–Crippen MR) is 153 cm³/mol. The maximum absolute atomic E-state index is 13.9. The van der Waals surface area contributed by atoms with Gasteiger partial charge in [-0.3, -0.25) is 9.59 Å². The van der Waals surface area contributed by atoms with Crippen molar-refractivity contribution in [3.63, 3.8) is 0 Å². The molecule has 1 amide bonds. The van der Waals surface area contributed by atoms with Gasteiger partial charge >= 0.3 is 18.0 Å². The van der Waals surface area contributed by atoms with Gasteiger partial charge in [-0.25, -0.2) is 9.59 Å². The molecule has 1 spiro atoms. The van der Waals surface area contributed by atoms with Gasteiger partial charge in [0.05, 0.1) is 11.5 Å². The zero-order chi connectivity index (χ0) is 31.4. The van der Waals surface area contributed by atoms with E-state index in [0.717, 1.165) is 11.1 Å². The first-order valence-electron chi connectivity index (χ1n) is 15.3. The summed E-state index contributed by atoms with van der Waals surface area (Å²) in [6.45, 7) is 10.9. The average molecular weight is 598 g/mol. The Morgan fingerprint density at radius 3 is 2.44 bits per heavy atom. The molecule has 3 fully saturated rings. The van der Waals surface area contributed by atoms with Gasteiger partial charge in [0.2, 0.25) is 0 Å². The Morgan fingerprint density at radius 1 is 1.12 bits per heavy atom. The molecule has 10 heteroatoms. The zero-order valence-electron chi connectivity index (χ0n) is 26.3. The van der Waals surface area contributed by atoms with Gasteiger partial charge in [0.1, 0.15) is 23.4 Å². The van der Waals surface area contributed by atoms with Gasteiger partial charge < -0.3 is 29.0 Å². The lowest BCUT2D eigenvalue weighted by Gasteiger charge is -2.61. The minimum atomic E-state index is -1.54. The van der Waals surface area contributed by atoms with Gasteiger partial charge in [0.25, 0.3) is 0 Å². The number of carbonyl (C=O) groups excluding carboxylic acids is 4. The predicted octanol–water partition coefficient (Wildman–Crippen LogP) is 3.66. The molecule has 1 N–H and O–H groups in total. The highest BCUT2D eigenvalue weighted by atomic mass is 16.7. The standard InChI is InChI=1S/C33H43NO9/c1-16-13-23(41-28(37)17(16)2)18(3)21-14-26(40-19(4)35)32(39)22-15-27-33(43-27)25(42-29(38)34(7)8)10-9-24(36)31(33,6)20(22)11-12-30(21,32)5/h9-10,14,18,20,22-23,25-27,39H,11-13,15H2,1-8H3/t18-,20-,22+,23+,25-,26-,27+,30+,31-,32-,33+/m0/s1. The largest absolute Gasteiger partial charge is 0.458 e. The minimum absolute atomic E-state index is 0.121. The summed E-state index contributed by atoms with van der Waals surface area (Å²) in [6, 6.07) is 0. The number of fused-ring (bicyclic) bond motifs is 4. The van der Waals surface area contributed by atoms with Crippen molar-refractivity contribution in [2.45, 2.75) is 103 Å². The number of ether oxygens (including phenoxy) is 4. The number of aliphatic hydroxyl groups is 1. The highest BCUT2D eigenvalue weighted by molar-refractivity contribution is 5.98. The Balaban J connectivity index is 1.39. The fourth-order valence-electron chi connectivity index (χ4n) is 9.46.